The van der Waals surface area contributed by atoms with Crippen LogP contribution < -0.4 is 10.0 Å². The minimum atomic E-state index is -3.65. The van der Waals surface area contributed by atoms with Gasteiger partial charge in [-0.3, -0.25) is 4.72 Å². The van der Waals surface area contributed by atoms with Crippen LogP contribution in [0.1, 0.15) is 5.56 Å². The van der Waals surface area contributed by atoms with E-state index in [2.05, 4.69) is 41.9 Å². The zero-order valence-electron chi connectivity index (χ0n) is 11.2. The highest BCUT2D eigenvalue weighted by Crippen LogP contribution is 2.28. The van der Waals surface area contributed by atoms with Crippen molar-refractivity contribution < 1.29 is 8.42 Å². The van der Waals surface area contributed by atoms with E-state index >= 15 is 0 Å². The smallest absolute Gasteiger partial charge is 0.263 e. The van der Waals surface area contributed by atoms with Gasteiger partial charge in [0, 0.05) is 15.5 Å². The third kappa shape index (κ3) is 4.06. The van der Waals surface area contributed by atoms with E-state index in [0.29, 0.717) is 16.7 Å². The van der Waals surface area contributed by atoms with Gasteiger partial charge in [-0.15, -0.1) is 0 Å². The quantitative estimate of drug-likeness (QED) is 0.755. The number of rotatable bonds is 5. The lowest BCUT2D eigenvalue weighted by Crippen LogP contribution is -2.16. The van der Waals surface area contributed by atoms with Crippen LogP contribution in [0.5, 0.6) is 0 Å². The number of nitrogens with one attached hydrogen (secondary N) is 2. The van der Waals surface area contributed by atoms with Crippen molar-refractivity contribution in [2.45, 2.75) is 11.4 Å². The number of sulfonamides is 1. The minimum Gasteiger partial charge on any atom is -0.316 e. The maximum Gasteiger partial charge on any atom is 0.263 e. The van der Waals surface area contributed by atoms with Crippen molar-refractivity contribution in [1.29, 1.82) is 0 Å². The maximum atomic E-state index is 12.5. The molecule has 0 aliphatic heterocycles. The molecule has 0 heterocycles. The van der Waals surface area contributed by atoms with Gasteiger partial charge < -0.3 is 5.32 Å². The largest absolute Gasteiger partial charge is 0.316 e. The van der Waals surface area contributed by atoms with Crippen LogP contribution in [0.4, 0.5) is 5.69 Å². The van der Waals surface area contributed by atoms with Crippen molar-refractivity contribution in [3.8, 4) is 0 Å². The Morgan fingerprint density at radius 2 is 1.81 bits per heavy atom. The molecule has 0 radical (unpaired) electrons. The highest BCUT2D eigenvalue weighted by molar-refractivity contribution is 9.11. The van der Waals surface area contributed by atoms with Gasteiger partial charge >= 0.3 is 0 Å². The lowest BCUT2D eigenvalue weighted by atomic mass is 10.2. The van der Waals surface area contributed by atoms with Crippen LogP contribution in [0.25, 0.3) is 0 Å². The van der Waals surface area contributed by atoms with E-state index in [-0.39, 0.29) is 4.90 Å². The van der Waals surface area contributed by atoms with E-state index in [0.717, 1.165) is 10.0 Å². The summed E-state index contributed by atoms with van der Waals surface area (Å²) >= 11 is 6.59. The highest BCUT2D eigenvalue weighted by atomic mass is 79.9. The Kier molecular flexibility index (Phi) is 5.43. The fraction of sp³-hybridized carbons (Fsp3) is 0.143. The number of hydrogen-bond acceptors (Lipinski definition) is 3. The highest BCUT2D eigenvalue weighted by Gasteiger charge is 2.19. The maximum absolute atomic E-state index is 12.5. The second kappa shape index (κ2) is 6.91. The molecule has 2 rings (SSSR count). The standard InChI is InChI=1S/C14H14Br2N2O2S/c1-17-9-10-4-2-3-5-13(10)18-21(19,20)14-7-6-11(15)8-12(14)16/h2-8,17-18H,9H2,1H3. The van der Waals surface area contributed by atoms with Crippen LogP contribution in [0.3, 0.4) is 0 Å². The average Bonchev–Trinajstić information content (AvgIpc) is 2.40. The Balaban J connectivity index is 2.38. The molecule has 0 amide bonds. The first-order valence-electron chi connectivity index (χ1n) is 6.14. The van der Waals surface area contributed by atoms with E-state index in [9.17, 15) is 8.42 Å². The molecule has 21 heavy (non-hydrogen) atoms. The van der Waals surface area contributed by atoms with E-state index in [1.54, 1.807) is 30.3 Å². The summed E-state index contributed by atoms with van der Waals surface area (Å²) in [6.07, 6.45) is 0. The van der Waals surface area contributed by atoms with Crippen LogP contribution in [0, 0.1) is 0 Å². The third-order valence-corrected chi connectivity index (χ3v) is 5.65. The molecular formula is C14H14Br2N2O2S. The molecule has 7 heteroatoms. The zero-order valence-corrected chi connectivity index (χ0v) is 15.2. The first-order chi connectivity index (χ1) is 9.94. The normalized spacial score (nSPS) is 11.4. The second-order valence-corrected chi connectivity index (χ2v) is 7.79. The molecular weight excluding hydrogens is 420 g/mol. The predicted molar refractivity (Wildman–Crippen MR) is 91.9 cm³/mol. The molecule has 4 nitrogen and oxygen atoms in total. The Labute approximate surface area is 141 Å². The summed E-state index contributed by atoms with van der Waals surface area (Å²) in [6, 6.07) is 12.2. The summed E-state index contributed by atoms with van der Waals surface area (Å²) < 4.78 is 29.0. The summed E-state index contributed by atoms with van der Waals surface area (Å²) in [4.78, 5) is 0.199. The molecule has 112 valence electrons. The minimum absolute atomic E-state index is 0.199. The monoisotopic (exact) mass is 432 g/mol. The van der Waals surface area contributed by atoms with Gasteiger partial charge in [0.05, 0.1) is 5.69 Å². The Hall–Kier alpha value is -0.890. The SMILES string of the molecule is CNCc1ccccc1NS(=O)(=O)c1ccc(Br)cc1Br. The summed E-state index contributed by atoms with van der Waals surface area (Å²) in [5.41, 5.74) is 1.46. The lowest BCUT2D eigenvalue weighted by molar-refractivity contribution is 0.600. The van der Waals surface area contributed by atoms with Crippen LogP contribution in [0.15, 0.2) is 56.3 Å². The zero-order chi connectivity index (χ0) is 15.5. The number of benzene rings is 2. The fourth-order valence-corrected chi connectivity index (χ4v) is 4.71. The number of hydrogen-bond donors (Lipinski definition) is 2. The van der Waals surface area contributed by atoms with Crippen molar-refractivity contribution in [2.75, 3.05) is 11.8 Å². The first kappa shape index (κ1) is 16.5. The molecule has 2 N–H and O–H groups in total. The summed E-state index contributed by atoms with van der Waals surface area (Å²) in [5.74, 6) is 0. The van der Waals surface area contributed by atoms with E-state index in [1.807, 2.05) is 19.2 Å². The number of halogens is 2. The molecule has 0 aromatic heterocycles. The van der Waals surface area contributed by atoms with E-state index in [1.165, 1.54) is 0 Å². The molecule has 2 aromatic carbocycles. The van der Waals surface area contributed by atoms with Gasteiger partial charge in [0.15, 0.2) is 0 Å². The molecule has 0 bridgehead atoms. The summed E-state index contributed by atoms with van der Waals surface area (Å²) in [7, 11) is -1.83. The average molecular weight is 434 g/mol. The Morgan fingerprint density at radius 1 is 1.10 bits per heavy atom. The third-order valence-electron chi connectivity index (χ3n) is 2.81. The molecule has 0 saturated carbocycles. The molecule has 0 fully saturated rings. The number of anilines is 1. The molecule has 0 aliphatic carbocycles. The summed E-state index contributed by atoms with van der Waals surface area (Å²) in [5, 5.41) is 3.02. The van der Waals surface area contributed by atoms with Crippen molar-refractivity contribution in [3.05, 3.63) is 57.0 Å². The van der Waals surface area contributed by atoms with Crippen LogP contribution in [0.2, 0.25) is 0 Å². The van der Waals surface area contributed by atoms with Crippen molar-refractivity contribution in [2.24, 2.45) is 0 Å². The topological polar surface area (TPSA) is 58.2 Å². The van der Waals surface area contributed by atoms with Gasteiger partial charge in [0.1, 0.15) is 4.90 Å². The molecule has 0 saturated heterocycles. The van der Waals surface area contributed by atoms with Crippen LogP contribution in [-0.4, -0.2) is 15.5 Å². The van der Waals surface area contributed by atoms with Crippen molar-refractivity contribution in [1.82, 2.24) is 5.32 Å². The molecule has 2 aromatic rings. The predicted octanol–water partition coefficient (Wildman–Crippen LogP) is 3.73. The van der Waals surface area contributed by atoms with Gasteiger partial charge in [-0.25, -0.2) is 8.42 Å². The van der Waals surface area contributed by atoms with Gasteiger partial charge in [-0.05, 0) is 52.8 Å². The van der Waals surface area contributed by atoms with Gasteiger partial charge in [-0.1, -0.05) is 34.1 Å². The molecule has 0 aliphatic rings. The lowest BCUT2D eigenvalue weighted by Gasteiger charge is -2.13. The Bertz CT molecular complexity index is 748. The van der Waals surface area contributed by atoms with Crippen molar-refractivity contribution in [3.63, 3.8) is 0 Å². The van der Waals surface area contributed by atoms with Gasteiger partial charge in [0.25, 0.3) is 10.0 Å². The Morgan fingerprint density at radius 3 is 2.48 bits per heavy atom. The molecule has 0 spiro atoms. The van der Waals surface area contributed by atoms with Gasteiger partial charge in [0.2, 0.25) is 0 Å². The van der Waals surface area contributed by atoms with Gasteiger partial charge in [-0.2, -0.15) is 0 Å². The first-order valence-corrected chi connectivity index (χ1v) is 9.21. The van der Waals surface area contributed by atoms with Crippen molar-refractivity contribution >= 4 is 47.6 Å². The van der Waals surface area contributed by atoms with E-state index in [4.69, 9.17) is 0 Å². The fourth-order valence-electron chi connectivity index (χ4n) is 1.86. The van der Waals surface area contributed by atoms with E-state index < -0.39 is 10.0 Å². The molecule has 0 atom stereocenters. The summed E-state index contributed by atoms with van der Waals surface area (Å²) in [6.45, 7) is 0.584. The van der Waals surface area contributed by atoms with Crippen LogP contribution >= 0.6 is 31.9 Å². The number of para-hydroxylation sites is 1. The second-order valence-electron chi connectivity index (χ2n) is 4.37. The molecule has 0 unspecified atom stereocenters. The van der Waals surface area contributed by atoms with Crippen LogP contribution in [-0.2, 0) is 16.6 Å².